The van der Waals surface area contributed by atoms with Crippen molar-refractivity contribution in [1.29, 1.82) is 0 Å². The van der Waals surface area contributed by atoms with E-state index in [0.29, 0.717) is 0 Å². The lowest BCUT2D eigenvalue weighted by Gasteiger charge is -1.98. The van der Waals surface area contributed by atoms with Crippen molar-refractivity contribution < 1.29 is 4.79 Å². The van der Waals surface area contributed by atoms with E-state index >= 15 is 0 Å². The van der Waals surface area contributed by atoms with Crippen LogP contribution in [0.1, 0.15) is 25.7 Å². The molecule has 0 saturated carbocycles. The molecule has 0 rings (SSSR count). The van der Waals surface area contributed by atoms with E-state index in [0.717, 1.165) is 19.4 Å². The second-order valence-corrected chi connectivity index (χ2v) is 4.02. The van der Waals surface area contributed by atoms with Crippen LogP contribution in [0.5, 0.6) is 0 Å². The van der Waals surface area contributed by atoms with E-state index in [-0.39, 0.29) is 5.91 Å². The molecule has 3 heteroatoms. The van der Waals surface area contributed by atoms with E-state index in [1.807, 2.05) is 0 Å². The molecular formula is C11H18INO. The fraction of sp³-hybridized carbons (Fsp3) is 0.545. The topological polar surface area (TPSA) is 29.1 Å². The summed E-state index contributed by atoms with van der Waals surface area (Å²) in [5.41, 5.74) is 0. The summed E-state index contributed by atoms with van der Waals surface area (Å²) in [6, 6.07) is 0. The van der Waals surface area contributed by atoms with E-state index in [1.54, 1.807) is 0 Å². The van der Waals surface area contributed by atoms with Gasteiger partial charge in [0.2, 0.25) is 5.91 Å². The molecule has 0 radical (unpaired) electrons. The first-order valence-electron chi connectivity index (χ1n) is 4.92. The number of carbonyl (C=O) groups excluding carboxylic acids is 1. The highest BCUT2D eigenvalue weighted by Crippen LogP contribution is 1.97. The van der Waals surface area contributed by atoms with Gasteiger partial charge in [-0.2, -0.15) is 0 Å². The average Bonchev–Trinajstić information content (AvgIpc) is 2.21. The van der Waals surface area contributed by atoms with Crippen LogP contribution in [0.4, 0.5) is 0 Å². The molecule has 0 fully saturated rings. The number of amides is 1. The first-order valence-corrected chi connectivity index (χ1v) is 6.45. The number of rotatable bonds is 8. The lowest BCUT2D eigenvalue weighted by Crippen LogP contribution is -2.21. The predicted octanol–water partition coefficient (Wildman–Crippen LogP) is 2.84. The second kappa shape index (κ2) is 10.8. The summed E-state index contributed by atoms with van der Waals surface area (Å²) in [6.45, 7) is 4.12. The van der Waals surface area contributed by atoms with Crippen molar-refractivity contribution in [3.8, 4) is 0 Å². The van der Waals surface area contributed by atoms with Gasteiger partial charge in [-0.3, -0.25) is 4.79 Å². The lowest BCUT2D eigenvalue weighted by molar-refractivity contribution is -0.116. The molecule has 80 valence electrons. The van der Waals surface area contributed by atoms with Gasteiger partial charge >= 0.3 is 0 Å². The number of alkyl halides is 1. The van der Waals surface area contributed by atoms with Gasteiger partial charge in [0.25, 0.3) is 0 Å². The number of unbranched alkanes of at least 4 members (excludes halogenated alkanes) is 2. The van der Waals surface area contributed by atoms with Gasteiger partial charge in [-0.15, -0.1) is 0 Å². The minimum Gasteiger partial charge on any atom is -0.353 e. The Balaban J connectivity index is 3.16. The van der Waals surface area contributed by atoms with Crippen molar-refractivity contribution in [3.05, 3.63) is 24.8 Å². The minimum absolute atomic E-state index is 0.0844. The van der Waals surface area contributed by atoms with Crippen molar-refractivity contribution in [3.63, 3.8) is 0 Å². The summed E-state index contributed by atoms with van der Waals surface area (Å²) in [7, 11) is 0. The molecule has 0 spiro atoms. The summed E-state index contributed by atoms with van der Waals surface area (Å²) in [5, 5.41) is 2.74. The third-order valence-corrected chi connectivity index (χ3v) is 2.47. The average molecular weight is 307 g/mol. The molecule has 14 heavy (non-hydrogen) atoms. The summed E-state index contributed by atoms with van der Waals surface area (Å²) >= 11 is 2.38. The van der Waals surface area contributed by atoms with Crippen LogP contribution in [0.15, 0.2) is 24.8 Å². The standard InChI is InChI=1S/C11H18INO/c1-2-11(14)13-10-8-6-4-3-5-7-9-12/h2-4H,1,5-10H2,(H,13,14)/b4-3+. The maximum Gasteiger partial charge on any atom is 0.243 e. The van der Waals surface area contributed by atoms with Crippen LogP contribution in [0.3, 0.4) is 0 Å². The van der Waals surface area contributed by atoms with Gasteiger partial charge in [0.15, 0.2) is 0 Å². The lowest BCUT2D eigenvalue weighted by atomic mass is 10.2. The normalized spacial score (nSPS) is 10.4. The van der Waals surface area contributed by atoms with Crippen LogP contribution in [0.2, 0.25) is 0 Å². The summed E-state index contributed by atoms with van der Waals surface area (Å²) < 4.78 is 1.22. The molecule has 0 atom stereocenters. The molecule has 1 amide bonds. The Morgan fingerprint density at radius 1 is 1.29 bits per heavy atom. The maximum absolute atomic E-state index is 10.7. The number of allylic oxidation sites excluding steroid dienone is 2. The Morgan fingerprint density at radius 3 is 2.50 bits per heavy atom. The van der Waals surface area contributed by atoms with Crippen LogP contribution in [0.25, 0.3) is 0 Å². The maximum atomic E-state index is 10.7. The third kappa shape index (κ3) is 9.77. The van der Waals surface area contributed by atoms with E-state index in [2.05, 4.69) is 46.6 Å². The van der Waals surface area contributed by atoms with Gasteiger partial charge in [0.05, 0.1) is 0 Å². The zero-order valence-electron chi connectivity index (χ0n) is 8.47. The largest absolute Gasteiger partial charge is 0.353 e. The van der Waals surface area contributed by atoms with Gasteiger partial charge in [0.1, 0.15) is 0 Å². The highest BCUT2D eigenvalue weighted by atomic mass is 127. The Morgan fingerprint density at radius 2 is 1.93 bits per heavy atom. The minimum atomic E-state index is -0.0844. The summed E-state index contributed by atoms with van der Waals surface area (Å²) in [4.78, 5) is 10.7. The SMILES string of the molecule is C=CC(=O)NCCC/C=C/CCCI. The van der Waals surface area contributed by atoms with Crippen molar-refractivity contribution in [2.45, 2.75) is 25.7 Å². The fourth-order valence-electron chi connectivity index (χ4n) is 0.934. The zero-order valence-corrected chi connectivity index (χ0v) is 10.6. The van der Waals surface area contributed by atoms with Crippen molar-refractivity contribution in [2.24, 2.45) is 0 Å². The van der Waals surface area contributed by atoms with Crippen molar-refractivity contribution in [2.75, 3.05) is 11.0 Å². The first-order chi connectivity index (χ1) is 6.81. The molecule has 0 aromatic heterocycles. The molecular weight excluding hydrogens is 289 g/mol. The first kappa shape index (κ1) is 13.7. The summed E-state index contributed by atoms with van der Waals surface area (Å²) in [5.74, 6) is -0.0844. The van der Waals surface area contributed by atoms with Crippen LogP contribution in [0, 0.1) is 0 Å². The molecule has 0 aliphatic rings. The molecule has 0 aromatic carbocycles. The van der Waals surface area contributed by atoms with Crippen LogP contribution in [-0.2, 0) is 4.79 Å². The van der Waals surface area contributed by atoms with E-state index in [1.165, 1.54) is 23.3 Å². The monoisotopic (exact) mass is 307 g/mol. The van der Waals surface area contributed by atoms with Gasteiger partial charge in [-0.25, -0.2) is 0 Å². The third-order valence-electron chi connectivity index (χ3n) is 1.70. The number of halogens is 1. The molecule has 0 aromatic rings. The molecule has 0 saturated heterocycles. The van der Waals surface area contributed by atoms with Gasteiger partial charge in [-0.1, -0.05) is 41.3 Å². The predicted molar refractivity (Wildman–Crippen MR) is 69.7 cm³/mol. The van der Waals surface area contributed by atoms with Gasteiger partial charge < -0.3 is 5.32 Å². The van der Waals surface area contributed by atoms with Crippen molar-refractivity contribution in [1.82, 2.24) is 5.32 Å². The summed E-state index contributed by atoms with van der Waals surface area (Å²) in [6.07, 6.45) is 10.2. The van der Waals surface area contributed by atoms with Crippen molar-refractivity contribution >= 4 is 28.5 Å². The Hall–Kier alpha value is -0.320. The molecule has 0 aliphatic carbocycles. The van der Waals surface area contributed by atoms with Crippen LogP contribution >= 0.6 is 22.6 Å². The fourth-order valence-corrected chi connectivity index (χ4v) is 1.37. The Bertz CT molecular complexity index is 190. The van der Waals surface area contributed by atoms with Gasteiger partial charge in [-0.05, 0) is 36.2 Å². The Labute approximate surface area is 100.0 Å². The van der Waals surface area contributed by atoms with E-state index in [9.17, 15) is 4.79 Å². The molecule has 1 N–H and O–H groups in total. The highest BCUT2D eigenvalue weighted by molar-refractivity contribution is 14.1. The van der Waals surface area contributed by atoms with E-state index in [4.69, 9.17) is 0 Å². The number of carbonyl (C=O) groups is 1. The van der Waals surface area contributed by atoms with E-state index < -0.39 is 0 Å². The smallest absolute Gasteiger partial charge is 0.243 e. The van der Waals surface area contributed by atoms with Gasteiger partial charge in [0, 0.05) is 6.54 Å². The number of hydrogen-bond donors (Lipinski definition) is 1. The number of nitrogens with one attached hydrogen (secondary N) is 1. The molecule has 0 heterocycles. The Kier molecular flexibility index (Phi) is 10.5. The molecule has 0 unspecified atom stereocenters. The zero-order chi connectivity index (χ0) is 10.6. The van der Waals surface area contributed by atoms with Crippen LogP contribution in [-0.4, -0.2) is 16.9 Å². The highest BCUT2D eigenvalue weighted by Gasteiger charge is 1.90. The molecule has 2 nitrogen and oxygen atoms in total. The van der Waals surface area contributed by atoms with Crippen LogP contribution < -0.4 is 5.32 Å². The second-order valence-electron chi connectivity index (χ2n) is 2.94. The quantitative estimate of drug-likeness (QED) is 0.241. The molecule has 0 aliphatic heterocycles. The molecule has 0 bridgehead atoms. The number of hydrogen-bond acceptors (Lipinski definition) is 1.